The molecule has 2 nitrogen and oxygen atoms in total. The molecule has 1 heterocycles. The van der Waals surface area contributed by atoms with Gasteiger partial charge in [-0.1, -0.05) is 166 Å². The van der Waals surface area contributed by atoms with Crippen molar-refractivity contribution in [2.24, 2.45) is 0 Å². The molecule has 55 heavy (non-hydrogen) atoms. The topological polar surface area (TPSA) is 16.4 Å². The standard InChI is InChI=1S/C53H37NO/c1-53(2)47-23-10-8-18-40(47)41-30-28-37(33-48(41)53)54(49-24-13-20-39-38-17-7-6-16-35(38)26-29-42(39)49)50-31-27-36(34-14-4-3-5-15-34)32-46(50)45-22-12-21-44-43-19-9-11-25-51(43)55-52(44)45/h3-33H,1-2H3. The van der Waals surface area contributed by atoms with Crippen LogP contribution in [0.5, 0.6) is 0 Å². The minimum Gasteiger partial charge on any atom is -0.455 e. The molecule has 0 atom stereocenters. The van der Waals surface area contributed by atoms with Gasteiger partial charge in [-0.05, 0) is 85.9 Å². The van der Waals surface area contributed by atoms with Crippen LogP contribution in [-0.4, -0.2) is 0 Å². The highest BCUT2D eigenvalue weighted by Crippen LogP contribution is 2.52. The fourth-order valence-electron chi connectivity index (χ4n) is 9.17. The lowest BCUT2D eigenvalue weighted by Crippen LogP contribution is -2.17. The van der Waals surface area contributed by atoms with Crippen molar-refractivity contribution in [2.45, 2.75) is 19.3 Å². The molecule has 0 N–H and O–H groups in total. The Bertz CT molecular complexity index is 3130. The van der Waals surface area contributed by atoms with Crippen molar-refractivity contribution in [1.29, 1.82) is 0 Å². The van der Waals surface area contributed by atoms with Gasteiger partial charge in [-0.2, -0.15) is 0 Å². The highest BCUT2D eigenvalue weighted by molar-refractivity contribution is 6.15. The van der Waals surface area contributed by atoms with Gasteiger partial charge in [0.05, 0.1) is 11.4 Å². The fourth-order valence-corrected chi connectivity index (χ4v) is 9.17. The lowest BCUT2D eigenvalue weighted by molar-refractivity contribution is 0.660. The zero-order chi connectivity index (χ0) is 36.7. The predicted octanol–water partition coefficient (Wildman–Crippen LogP) is 15.0. The number of para-hydroxylation sites is 2. The summed E-state index contributed by atoms with van der Waals surface area (Å²) < 4.78 is 6.75. The summed E-state index contributed by atoms with van der Waals surface area (Å²) >= 11 is 0. The van der Waals surface area contributed by atoms with Crippen LogP contribution >= 0.6 is 0 Å². The van der Waals surface area contributed by atoms with Gasteiger partial charge < -0.3 is 9.32 Å². The number of fused-ring (bicyclic) bond motifs is 9. The average molecular weight is 704 g/mol. The van der Waals surface area contributed by atoms with E-state index in [-0.39, 0.29) is 5.41 Å². The van der Waals surface area contributed by atoms with E-state index in [4.69, 9.17) is 4.42 Å². The molecule has 260 valence electrons. The number of hydrogen-bond acceptors (Lipinski definition) is 2. The zero-order valence-corrected chi connectivity index (χ0v) is 30.8. The van der Waals surface area contributed by atoms with Crippen LogP contribution in [0.15, 0.2) is 192 Å². The molecule has 0 aliphatic heterocycles. The number of anilines is 3. The van der Waals surface area contributed by atoms with Crippen LogP contribution in [0.3, 0.4) is 0 Å². The number of rotatable bonds is 5. The smallest absolute Gasteiger partial charge is 0.143 e. The van der Waals surface area contributed by atoms with Gasteiger partial charge >= 0.3 is 0 Å². The molecular formula is C53H37NO. The van der Waals surface area contributed by atoms with E-state index in [1.165, 1.54) is 49.4 Å². The molecule has 0 radical (unpaired) electrons. The number of hydrogen-bond donors (Lipinski definition) is 0. The van der Waals surface area contributed by atoms with Crippen LogP contribution in [0.2, 0.25) is 0 Å². The van der Waals surface area contributed by atoms with Crippen molar-refractivity contribution in [2.75, 3.05) is 4.90 Å². The maximum Gasteiger partial charge on any atom is 0.143 e. The lowest BCUT2D eigenvalue weighted by atomic mass is 9.82. The first kappa shape index (κ1) is 31.6. The van der Waals surface area contributed by atoms with Gasteiger partial charge in [-0.15, -0.1) is 0 Å². The average Bonchev–Trinajstić information content (AvgIpc) is 3.73. The third-order valence-corrected chi connectivity index (χ3v) is 11.9. The SMILES string of the molecule is CC1(C)c2ccccc2-c2ccc(N(c3ccc(-c4ccccc4)cc3-c3cccc4c3oc3ccccc34)c3cccc4c3ccc3ccccc34)cc21. The molecule has 0 spiro atoms. The van der Waals surface area contributed by atoms with E-state index in [0.717, 1.165) is 55.7 Å². The Hall–Kier alpha value is -6.90. The van der Waals surface area contributed by atoms with Gasteiger partial charge in [-0.3, -0.25) is 0 Å². The summed E-state index contributed by atoms with van der Waals surface area (Å²) in [6.45, 7) is 4.72. The molecule has 0 unspecified atom stereocenters. The molecule has 11 rings (SSSR count). The van der Waals surface area contributed by atoms with E-state index in [2.05, 4.69) is 201 Å². The molecule has 1 aliphatic carbocycles. The molecule has 0 amide bonds. The summed E-state index contributed by atoms with van der Waals surface area (Å²) in [7, 11) is 0. The van der Waals surface area contributed by atoms with Crippen LogP contribution in [-0.2, 0) is 5.41 Å². The Labute approximate surface area is 320 Å². The van der Waals surface area contributed by atoms with Crippen LogP contribution < -0.4 is 4.90 Å². The maximum absolute atomic E-state index is 6.75. The summed E-state index contributed by atoms with van der Waals surface area (Å²) in [5.41, 5.74) is 14.8. The van der Waals surface area contributed by atoms with E-state index < -0.39 is 0 Å². The van der Waals surface area contributed by atoms with Gasteiger partial charge in [0.1, 0.15) is 11.2 Å². The van der Waals surface area contributed by atoms with Crippen LogP contribution in [0.1, 0.15) is 25.0 Å². The van der Waals surface area contributed by atoms with Crippen molar-refractivity contribution in [3.63, 3.8) is 0 Å². The van der Waals surface area contributed by atoms with E-state index in [0.29, 0.717) is 0 Å². The second-order valence-corrected chi connectivity index (χ2v) is 15.3. The predicted molar refractivity (Wildman–Crippen MR) is 232 cm³/mol. The third kappa shape index (κ3) is 4.81. The molecule has 10 aromatic rings. The Morgan fingerprint density at radius 1 is 0.400 bits per heavy atom. The highest BCUT2D eigenvalue weighted by atomic mass is 16.3. The van der Waals surface area contributed by atoms with E-state index in [9.17, 15) is 0 Å². The molecular weight excluding hydrogens is 667 g/mol. The van der Waals surface area contributed by atoms with Crippen LogP contribution in [0.25, 0.3) is 76.9 Å². The van der Waals surface area contributed by atoms with Crippen molar-refractivity contribution >= 4 is 60.5 Å². The fraction of sp³-hybridized carbons (Fsp3) is 0.0566. The summed E-state index contributed by atoms with van der Waals surface area (Å²) in [5.74, 6) is 0. The summed E-state index contributed by atoms with van der Waals surface area (Å²) in [6.07, 6.45) is 0. The molecule has 0 fully saturated rings. The Balaban J connectivity index is 1.23. The molecule has 0 saturated heterocycles. The molecule has 1 aromatic heterocycles. The third-order valence-electron chi connectivity index (χ3n) is 11.9. The Morgan fingerprint density at radius 2 is 1.11 bits per heavy atom. The number of nitrogens with zero attached hydrogens (tertiary/aromatic N) is 1. The second-order valence-electron chi connectivity index (χ2n) is 15.3. The minimum absolute atomic E-state index is 0.150. The normalized spacial score (nSPS) is 13.1. The van der Waals surface area contributed by atoms with Gasteiger partial charge in [0.25, 0.3) is 0 Å². The number of furan rings is 1. The summed E-state index contributed by atoms with van der Waals surface area (Å²) in [4.78, 5) is 2.49. The van der Waals surface area contributed by atoms with Crippen molar-refractivity contribution in [3.05, 3.63) is 199 Å². The molecule has 9 aromatic carbocycles. The minimum atomic E-state index is -0.150. The maximum atomic E-state index is 6.75. The monoisotopic (exact) mass is 703 g/mol. The quantitative estimate of drug-likeness (QED) is 0.166. The van der Waals surface area contributed by atoms with Crippen LogP contribution in [0, 0.1) is 0 Å². The zero-order valence-electron chi connectivity index (χ0n) is 30.8. The second kappa shape index (κ2) is 12.1. The first-order valence-electron chi connectivity index (χ1n) is 19.1. The van der Waals surface area contributed by atoms with Crippen molar-refractivity contribution in [3.8, 4) is 33.4 Å². The van der Waals surface area contributed by atoms with Crippen LogP contribution in [0.4, 0.5) is 17.1 Å². The largest absolute Gasteiger partial charge is 0.455 e. The molecule has 2 heteroatoms. The van der Waals surface area contributed by atoms with Gasteiger partial charge in [0, 0.05) is 38.4 Å². The molecule has 0 saturated carbocycles. The van der Waals surface area contributed by atoms with Gasteiger partial charge in [0.15, 0.2) is 0 Å². The first-order chi connectivity index (χ1) is 27.0. The van der Waals surface area contributed by atoms with Crippen molar-refractivity contribution < 1.29 is 4.42 Å². The number of benzene rings is 9. The molecule has 0 bridgehead atoms. The van der Waals surface area contributed by atoms with E-state index in [1.807, 2.05) is 6.07 Å². The lowest BCUT2D eigenvalue weighted by Gasteiger charge is -2.31. The summed E-state index contributed by atoms with van der Waals surface area (Å²) in [6, 6.07) is 68.5. The van der Waals surface area contributed by atoms with Crippen molar-refractivity contribution in [1.82, 2.24) is 0 Å². The highest BCUT2D eigenvalue weighted by Gasteiger charge is 2.36. The molecule has 1 aliphatic rings. The van der Waals surface area contributed by atoms with Gasteiger partial charge in [-0.25, -0.2) is 0 Å². The summed E-state index contributed by atoms with van der Waals surface area (Å²) in [5, 5.41) is 7.16. The van der Waals surface area contributed by atoms with Gasteiger partial charge in [0.2, 0.25) is 0 Å². The van der Waals surface area contributed by atoms with E-state index >= 15 is 0 Å². The Kier molecular flexibility index (Phi) is 6.93. The first-order valence-corrected chi connectivity index (χ1v) is 19.1. The van der Waals surface area contributed by atoms with E-state index in [1.54, 1.807) is 0 Å². The Morgan fingerprint density at radius 3 is 2.02 bits per heavy atom.